The van der Waals surface area contributed by atoms with Gasteiger partial charge < -0.3 is 4.90 Å². The Morgan fingerprint density at radius 3 is 2.50 bits per heavy atom. The predicted octanol–water partition coefficient (Wildman–Crippen LogP) is 4.93. The number of hydrogen-bond acceptors (Lipinski definition) is 5. The van der Waals surface area contributed by atoms with E-state index in [-0.39, 0.29) is 17.2 Å². The van der Waals surface area contributed by atoms with E-state index in [1.165, 1.54) is 23.9 Å². The van der Waals surface area contributed by atoms with E-state index in [1.54, 1.807) is 41.3 Å². The fourth-order valence-electron chi connectivity index (χ4n) is 2.88. The van der Waals surface area contributed by atoms with E-state index in [9.17, 15) is 20.2 Å². The Morgan fingerprint density at radius 2 is 1.89 bits per heavy atom. The van der Waals surface area contributed by atoms with E-state index in [1.807, 2.05) is 6.07 Å². The topological polar surface area (TPSA) is 87.2 Å². The summed E-state index contributed by atoms with van der Waals surface area (Å²) in [6, 6.07) is 13.6. The number of hydrogen-bond donors (Lipinski definition) is 0. The Morgan fingerprint density at radius 1 is 1.21 bits per heavy atom. The molecule has 0 atom stereocenters. The van der Waals surface area contributed by atoms with Crippen LogP contribution in [0.2, 0.25) is 5.02 Å². The van der Waals surface area contributed by atoms with Gasteiger partial charge in [-0.05, 0) is 54.8 Å². The lowest BCUT2D eigenvalue weighted by molar-refractivity contribution is -0.387. The summed E-state index contributed by atoms with van der Waals surface area (Å²) in [5, 5.41) is 21.5. The van der Waals surface area contributed by atoms with Crippen molar-refractivity contribution < 1.29 is 9.72 Å². The van der Waals surface area contributed by atoms with Crippen LogP contribution in [0.5, 0.6) is 0 Å². The summed E-state index contributed by atoms with van der Waals surface area (Å²) < 4.78 is 0. The van der Waals surface area contributed by atoms with E-state index < -0.39 is 4.92 Å². The highest BCUT2D eigenvalue weighted by Gasteiger charge is 2.22. The molecule has 28 heavy (non-hydrogen) atoms. The number of nitriles is 1. The number of amides is 1. The van der Waals surface area contributed by atoms with Gasteiger partial charge in [-0.15, -0.1) is 0 Å². The average molecular weight is 414 g/mol. The summed E-state index contributed by atoms with van der Waals surface area (Å²) >= 11 is 7.12. The molecule has 0 radical (unpaired) electrons. The third-order valence-corrected chi connectivity index (χ3v) is 5.60. The molecule has 2 aromatic rings. The first-order valence-corrected chi connectivity index (χ1v) is 9.80. The van der Waals surface area contributed by atoms with E-state index in [4.69, 9.17) is 11.6 Å². The van der Waals surface area contributed by atoms with Gasteiger partial charge in [-0.2, -0.15) is 5.26 Å². The van der Waals surface area contributed by atoms with Crippen LogP contribution in [0.4, 0.5) is 5.69 Å². The maximum Gasteiger partial charge on any atom is 0.283 e. The van der Waals surface area contributed by atoms with Gasteiger partial charge in [0, 0.05) is 29.1 Å². The second-order valence-electron chi connectivity index (χ2n) is 6.21. The van der Waals surface area contributed by atoms with Gasteiger partial charge in [0.25, 0.3) is 11.6 Å². The van der Waals surface area contributed by atoms with Crippen LogP contribution in [0.15, 0.2) is 57.8 Å². The molecule has 0 aromatic heterocycles. The average Bonchev–Trinajstić information content (AvgIpc) is 3.23. The van der Waals surface area contributed by atoms with E-state index in [0.717, 1.165) is 17.7 Å². The third-order valence-electron chi connectivity index (χ3n) is 4.28. The van der Waals surface area contributed by atoms with Crippen LogP contribution in [0, 0.1) is 21.4 Å². The van der Waals surface area contributed by atoms with Gasteiger partial charge in [-0.1, -0.05) is 29.4 Å². The van der Waals surface area contributed by atoms with Crippen LogP contribution in [0.25, 0.3) is 6.08 Å². The van der Waals surface area contributed by atoms with Crippen molar-refractivity contribution in [3.63, 3.8) is 0 Å². The molecule has 0 spiro atoms. The van der Waals surface area contributed by atoms with Crippen LogP contribution in [-0.2, 0) is 4.79 Å². The predicted molar refractivity (Wildman–Crippen MR) is 108 cm³/mol. The molecule has 1 heterocycles. The first kappa shape index (κ1) is 19.9. The summed E-state index contributed by atoms with van der Waals surface area (Å²) in [6.45, 7) is 1.27. The zero-order valence-corrected chi connectivity index (χ0v) is 16.4. The second kappa shape index (κ2) is 8.91. The zero-order chi connectivity index (χ0) is 20.1. The standard InChI is InChI=1S/C20H16ClN3O3S/c21-16-4-6-17(7-5-16)28-19-8-3-14(12-18(19)24(26)27)11-15(13-22)20(25)23-9-1-2-10-23/h3-8,11-12H,1-2,9-10H2/b15-11+. The molecule has 1 aliphatic heterocycles. The number of nitro groups is 1. The minimum Gasteiger partial charge on any atom is -0.338 e. The Hall–Kier alpha value is -2.82. The van der Waals surface area contributed by atoms with Crippen LogP contribution in [0.3, 0.4) is 0 Å². The molecule has 2 aromatic carbocycles. The highest BCUT2D eigenvalue weighted by Crippen LogP contribution is 2.36. The zero-order valence-electron chi connectivity index (χ0n) is 14.8. The van der Waals surface area contributed by atoms with Crippen LogP contribution < -0.4 is 0 Å². The SMILES string of the molecule is N#C/C(=C\c1ccc(Sc2ccc(Cl)cc2)c([N+](=O)[O-])c1)C(=O)N1CCCC1. The first-order chi connectivity index (χ1) is 13.5. The molecule has 1 saturated heterocycles. The minimum atomic E-state index is -0.468. The Bertz CT molecular complexity index is 977. The number of halogens is 1. The molecule has 1 amide bonds. The fourth-order valence-corrected chi connectivity index (χ4v) is 3.91. The van der Waals surface area contributed by atoms with E-state index in [2.05, 4.69) is 0 Å². The Balaban J connectivity index is 1.89. The molecule has 0 saturated carbocycles. The number of likely N-dealkylation sites (tertiary alicyclic amines) is 1. The molecule has 0 aliphatic carbocycles. The molecule has 3 rings (SSSR count). The summed E-state index contributed by atoms with van der Waals surface area (Å²) in [5.41, 5.74) is 0.338. The van der Waals surface area contributed by atoms with Crippen molar-refractivity contribution in [1.82, 2.24) is 4.90 Å². The molecule has 1 aliphatic rings. The summed E-state index contributed by atoms with van der Waals surface area (Å²) in [5.74, 6) is -0.331. The van der Waals surface area contributed by atoms with Crippen molar-refractivity contribution in [2.75, 3.05) is 13.1 Å². The van der Waals surface area contributed by atoms with Crippen molar-refractivity contribution in [3.05, 3.63) is 68.7 Å². The molecule has 6 nitrogen and oxygen atoms in total. The first-order valence-electron chi connectivity index (χ1n) is 8.61. The van der Waals surface area contributed by atoms with Crippen molar-refractivity contribution in [2.24, 2.45) is 0 Å². The van der Waals surface area contributed by atoms with Gasteiger partial charge in [-0.25, -0.2) is 0 Å². The minimum absolute atomic E-state index is 0.0192. The van der Waals surface area contributed by atoms with Gasteiger partial charge in [0.15, 0.2) is 0 Å². The maximum absolute atomic E-state index is 12.4. The Labute approximate surface area is 171 Å². The van der Waals surface area contributed by atoms with Gasteiger partial charge in [0.1, 0.15) is 11.6 Å². The highest BCUT2D eigenvalue weighted by atomic mass is 35.5. The number of nitrogens with zero attached hydrogens (tertiary/aromatic N) is 3. The van der Waals surface area contributed by atoms with Crippen molar-refractivity contribution in [2.45, 2.75) is 22.6 Å². The summed E-state index contributed by atoms with van der Waals surface area (Å²) in [6.07, 6.45) is 3.25. The molecule has 0 bridgehead atoms. The van der Waals surface area contributed by atoms with Gasteiger partial charge in [-0.3, -0.25) is 14.9 Å². The maximum atomic E-state index is 12.4. The molecule has 8 heteroatoms. The largest absolute Gasteiger partial charge is 0.338 e. The highest BCUT2D eigenvalue weighted by molar-refractivity contribution is 7.99. The lowest BCUT2D eigenvalue weighted by Crippen LogP contribution is -2.28. The van der Waals surface area contributed by atoms with Crippen LogP contribution in [-0.4, -0.2) is 28.8 Å². The molecule has 1 fully saturated rings. The van der Waals surface area contributed by atoms with Crippen molar-refractivity contribution in [3.8, 4) is 6.07 Å². The number of carbonyl (C=O) groups excluding carboxylic acids is 1. The van der Waals surface area contributed by atoms with Crippen LogP contribution >= 0.6 is 23.4 Å². The summed E-state index contributed by atoms with van der Waals surface area (Å²) in [4.78, 5) is 26.4. The number of carbonyl (C=O) groups is 1. The van der Waals surface area contributed by atoms with E-state index in [0.29, 0.717) is 28.6 Å². The lowest BCUT2D eigenvalue weighted by Gasteiger charge is -2.14. The van der Waals surface area contributed by atoms with Gasteiger partial charge >= 0.3 is 0 Å². The fraction of sp³-hybridized carbons (Fsp3) is 0.200. The van der Waals surface area contributed by atoms with Crippen LogP contribution in [0.1, 0.15) is 18.4 Å². The normalized spacial score (nSPS) is 14.0. The molecular weight excluding hydrogens is 398 g/mol. The van der Waals surface area contributed by atoms with Gasteiger partial charge in [0.2, 0.25) is 0 Å². The summed E-state index contributed by atoms with van der Waals surface area (Å²) in [7, 11) is 0. The smallest absolute Gasteiger partial charge is 0.283 e. The molecule has 0 unspecified atom stereocenters. The number of benzene rings is 2. The van der Waals surface area contributed by atoms with Crippen molar-refractivity contribution >= 4 is 41.0 Å². The van der Waals surface area contributed by atoms with Crippen molar-refractivity contribution in [1.29, 1.82) is 5.26 Å². The quantitative estimate of drug-likeness (QED) is 0.300. The third kappa shape index (κ3) is 4.71. The molecular formula is C20H16ClN3O3S. The second-order valence-corrected chi connectivity index (χ2v) is 7.76. The lowest BCUT2D eigenvalue weighted by atomic mass is 10.1. The molecule has 0 N–H and O–H groups in total. The Kier molecular flexibility index (Phi) is 6.34. The number of rotatable bonds is 5. The van der Waals surface area contributed by atoms with E-state index >= 15 is 0 Å². The number of nitro benzene ring substituents is 1. The molecule has 142 valence electrons. The van der Waals surface area contributed by atoms with Gasteiger partial charge in [0.05, 0.1) is 9.82 Å². The monoisotopic (exact) mass is 413 g/mol.